The average Bonchev–Trinajstić information content (AvgIpc) is 2.28. The largest absolute Gasteiger partial charge is 0.573 e. The lowest BCUT2D eigenvalue weighted by Gasteiger charge is -2.10. The van der Waals surface area contributed by atoms with Crippen molar-refractivity contribution in [3.63, 3.8) is 0 Å². The molecule has 19 heavy (non-hydrogen) atoms. The molecular formula is C13H15F3O3. The number of Topliss-reactive ketones (excluding diaryl/α,β-unsaturated/α-hetero) is 1. The normalized spacial score (nSPS) is 11.2. The van der Waals surface area contributed by atoms with Gasteiger partial charge < -0.3 is 14.3 Å². The summed E-state index contributed by atoms with van der Waals surface area (Å²) in [4.78, 5) is 10.7. The van der Waals surface area contributed by atoms with Crippen LogP contribution < -0.4 is 9.47 Å². The van der Waals surface area contributed by atoms with Crippen molar-refractivity contribution in [2.75, 3.05) is 6.61 Å². The minimum Gasteiger partial charge on any atom is -0.494 e. The standard InChI is InChI=1S/C13H15F3O3/c1-10(17)4-2-3-9-18-11-5-7-12(8-6-11)19-13(14,15)16/h5-8H,2-4,9H2,1H3. The molecule has 0 aliphatic carbocycles. The number of ether oxygens (including phenoxy) is 2. The predicted molar refractivity (Wildman–Crippen MR) is 63.2 cm³/mol. The fraction of sp³-hybridized carbons (Fsp3) is 0.462. The van der Waals surface area contributed by atoms with Crippen LogP contribution in [0, 0.1) is 0 Å². The third kappa shape index (κ3) is 7.33. The molecule has 0 spiro atoms. The molecule has 0 atom stereocenters. The highest BCUT2D eigenvalue weighted by Gasteiger charge is 2.30. The van der Waals surface area contributed by atoms with Crippen LogP contribution in [0.25, 0.3) is 0 Å². The average molecular weight is 276 g/mol. The maximum absolute atomic E-state index is 11.9. The van der Waals surface area contributed by atoms with Gasteiger partial charge in [-0.2, -0.15) is 0 Å². The number of unbranched alkanes of at least 4 members (excludes halogenated alkanes) is 1. The fourth-order valence-electron chi connectivity index (χ4n) is 1.40. The zero-order chi connectivity index (χ0) is 14.3. The highest BCUT2D eigenvalue weighted by Crippen LogP contribution is 2.24. The number of alkyl halides is 3. The van der Waals surface area contributed by atoms with Gasteiger partial charge in [0.2, 0.25) is 0 Å². The van der Waals surface area contributed by atoms with Gasteiger partial charge in [0.1, 0.15) is 17.3 Å². The van der Waals surface area contributed by atoms with Gasteiger partial charge in [0, 0.05) is 6.42 Å². The van der Waals surface area contributed by atoms with Crippen LogP contribution in [-0.2, 0) is 4.79 Å². The van der Waals surface area contributed by atoms with Gasteiger partial charge in [0.05, 0.1) is 6.61 Å². The summed E-state index contributed by atoms with van der Waals surface area (Å²) in [7, 11) is 0. The molecule has 0 aliphatic heterocycles. The first-order valence-corrected chi connectivity index (χ1v) is 5.85. The van der Waals surface area contributed by atoms with E-state index in [4.69, 9.17) is 4.74 Å². The van der Waals surface area contributed by atoms with Gasteiger partial charge in [-0.15, -0.1) is 13.2 Å². The molecule has 0 heterocycles. The second-order valence-electron chi connectivity index (χ2n) is 4.03. The molecule has 3 nitrogen and oxygen atoms in total. The molecule has 0 saturated carbocycles. The van der Waals surface area contributed by atoms with E-state index in [2.05, 4.69) is 4.74 Å². The zero-order valence-electron chi connectivity index (χ0n) is 10.5. The van der Waals surface area contributed by atoms with Crippen molar-refractivity contribution in [1.82, 2.24) is 0 Å². The van der Waals surface area contributed by atoms with Gasteiger partial charge in [-0.25, -0.2) is 0 Å². The highest BCUT2D eigenvalue weighted by molar-refractivity contribution is 5.75. The summed E-state index contributed by atoms with van der Waals surface area (Å²) < 4.78 is 44.8. The second-order valence-corrected chi connectivity index (χ2v) is 4.03. The summed E-state index contributed by atoms with van der Waals surface area (Å²) in [5.74, 6) is 0.322. The molecule has 0 N–H and O–H groups in total. The number of carbonyl (C=O) groups is 1. The minimum absolute atomic E-state index is 0.133. The molecule has 0 amide bonds. The summed E-state index contributed by atoms with van der Waals surface area (Å²) >= 11 is 0. The van der Waals surface area contributed by atoms with Gasteiger partial charge >= 0.3 is 6.36 Å². The highest BCUT2D eigenvalue weighted by atomic mass is 19.4. The van der Waals surface area contributed by atoms with Gasteiger partial charge in [0.15, 0.2) is 0 Å². The Labute approximate surface area is 109 Å². The molecule has 0 bridgehead atoms. The quantitative estimate of drug-likeness (QED) is 0.712. The maximum Gasteiger partial charge on any atom is 0.573 e. The Morgan fingerprint density at radius 2 is 1.68 bits per heavy atom. The van der Waals surface area contributed by atoms with Crippen molar-refractivity contribution in [3.05, 3.63) is 24.3 Å². The Kier molecular flexibility index (Phi) is 5.66. The Morgan fingerprint density at radius 3 is 2.21 bits per heavy atom. The molecule has 0 fully saturated rings. The van der Waals surface area contributed by atoms with Crippen LogP contribution in [0.4, 0.5) is 13.2 Å². The number of ketones is 1. The summed E-state index contributed by atoms with van der Waals surface area (Å²) in [6.07, 6.45) is -2.71. The third-order valence-corrected chi connectivity index (χ3v) is 2.25. The van der Waals surface area contributed by atoms with Crippen LogP contribution in [0.2, 0.25) is 0 Å². The van der Waals surface area contributed by atoms with E-state index >= 15 is 0 Å². The Balaban J connectivity index is 2.30. The van der Waals surface area contributed by atoms with E-state index in [0.29, 0.717) is 18.8 Å². The Morgan fingerprint density at radius 1 is 1.11 bits per heavy atom. The van der Waals surface area contributed by atoms with Crippen molar-refractivity contribution in [2.24, 2.45) is 0 Å². The molecule has 0 saturated heterocycles. The Bertz CT molecular complexity index is 399. The smallest absolute Gasteiger partial charge is 0.494 e. The van der Waals surface area contributed by atoms with Crippen LogP contribution in [0.1, 0.15) is 26.2 Å². The van der Waals surface area contributed by atoms with Gasteiger partial charge in [-0.05, 0) is 44.0 Å². The van der Waals surface area contributed by atoms with E-state index in [1.807, 2.05) is 0 Å². The van der Waals surface area contributed by atoms with Gasteiger partial charge in [-0.3, -0.25) is 0 Å². The number of rotatable bonds is 7. The number of hydrogen-bond donors (Lipinski definition) is 0. The lowest BCUT2D eigenvalue weighted by atomic mass is 10.2. The first-order chi connectivity index (χ1) is 8.87. The fourth-order valence-corrected chi connectivity index (χ4v) is 1.40. The van der Waals surface area contributed by atoms with Crippen molar-refractivity contribution >= 4 is 5.78 Å². The van der Waals surface area contributed by atoms with E-state index in [1.54, 1.807) is 0 Å². The number of benzene rings is 1. The van der Waals surface area contributed by atoms with Crippen LogP contribution in [-0.4, -0.2) is 18.8 Å². The van der Waals surface area contributed by atoms with Crippen LogP contribution >= 0.6 is 0 Å². The summed E-state index contributed by atoms with van der Waals surface area (Å²) in [5.41, 5.74) is 0. The van der Waals surface area contributed by atoms with E-state index in [1.165, 1.54) is 31.2 Å². The van der Waals surface area contributed by atoms with E-state index in [-0.39, 0.29) is 11.5 Å². The van der Waals surface area contributed by atoms with Crippen LogP contribution in [0.3, 0.4) is 0 Å². The van der Waals surface area contributed by atoms with Crippen molar-refractivity contribution < 1.29 is 27.4 Å². The number of hydrogen-bond acceptors (Lipinski definition) is 3. The molecule has 1 rings (SSSR count). The van der Waals surface area contributed by atoms with E-state index in [0.717, 1.165) is 12.8 Å². The zero-order valence-corrected chi connectivity index (χ0v) is 10.5. The SMILES string of the molecule is CC(=O)CCCCOc1ccc(OC(F)(F)F)cc1. The lowest BCUT2D eigenvalue weighted by Crippen LogP contribution is -2.16. The van der Waals surface area contributed by atoms with Gasteiger partial charge in [0.25, 0.3) is 0 Å². The lowest BCUT2D eigenvalue weighted by molar-refractivity contribution is -0.274. The molecule has 1 aromatic carbocycles. The monoisotopic (exact) mass is 276 g/mol. The summed E-state index contributed by atoms with van der Waals surface area (Å²) in [5, 5.41) is 0. The first-order valence-electron chi connectivity index (χ1n) is 5.85. The van der Waals surface area contributed by atoms with E-state index < -0.39 is 6.36 Å². The Hall–Kier alpha value is -1.72. The molecule has 0 aliphatic rings. The number of carbonyl (C=O) groups excluding carboxylic acids is 1. The summed E-state index contributed by atoms with van der Waals surface area (Å²) in [6, 6.07) is 5.20. The topological polar surface area (TPSA) is 35.5 Å². The molecule has 0 unspecified atom stereocenters. The maximum atomic E-state index is 11.9. The van der Waals surface area contributed by atoms with Crippen molar-refractivity contribution in [3.8, 4) is 11.5 Å². The second kappa shape index (κ2) is 7.01. The molecule has 6 heteroatoms. The summed E-state index contributed by atoms with van der Waals surface area (Å²) in [6.45, 7) is 1.95. The van der Waals surface area contributed by atoms with Crippen LogP contribution in [0.5, 0.6) is 11.5 Å². The minimum atomic E-state index is -4.69. The van der Waals surface area contributed by atoms with Crippen LogP contribution in [0.15, 0.2) is 24.3 Å². The molecule has 1 aromatic rings. The third-order valence-electron chi connectivity index (χ3n) is 2.25. The predicted octanol–water partition coefficient (Wildman–Crippen LogP) is 3.72. The first kappa shape index (κ1) is 15.3. The van der Waals surface area contributed by atoms with E-state index in [9.17, 15) is 18.0 Å². The number of halogens is 3. The molecule has 0 aromatic heterocycles. The van der Waals surface area contributed by atoms with Crippen molar-refractivity contribution in [1.29, 1.82) is 0 Å². The molecule has 0 radical (unpaired) electrons. The molecular weight excluding hydrogens is 261 g/mol. The molecule has 106 valence electrons. The van der Waals surface area contributed by atoms with Gasteiger partial charge in [-0.1, -0.05) is 0 Å². The van der Waals surface area contributed by atoms with Crippen molar-refractivity contribution in [2.45, 2.75) is 32.5 Å².